The van der Waals surface area contributed by atoms with Crippen LogP contribution in [0.2, 0.25) is 0 Å². The fraction of sp³-hybridized carbons (Fsp3) is 0.568. The second-order valence-corrected chi connectivity index (χ2v) is 18.0. The van der Waals surface area contributed by atoms with Crippen LogP contribution >= 0.6 is 11.3 Å². The highest BCUT2D eigenvalue weighted by atomic mass is 32.1. The number of aliphatic carboxylic acids is 1. The third kappa shape index (κ3) is 8.29. The van der Waals surface area contributed by atoms with E-state index in [-0.39, 0.29) is 23.9 Å². The van der Waals surface area contributed by atoms with Crippen LogP contribution in [0.4, 0.5) is 13.2 Å². The van der Waals surface area contributed by atoms with Crippen molar-refractivity contribution in [2.45, 2.75) is 132 Å². The number of amides is 2. The minimum absolute atomic E-state index is 0.0195. The highest BCUT2D eigenvalue weighted by Gasteiger charge is 2.44. The number of hydrogen-bond acceptors (Lipinski definition) is 6. The van der Waals surface area contributed by atoms with Gasteiger partial charge in [-0.1, -0.05) is 48.5 Å². The van der Waals surface area contributed by atoms with Gasteiger partial charge in [0.25, 0.3) is 11.8 Å². The monoisotopic (exact) mass is 790 g/mol. The summed E-state index contributed by atoms with van der Waals surface area (Å²) in [6.45, 7) is 2.39. The highest BCUT2D eigenvalue weighted by Crippen LogP contribution is 2.54. The number of rotatable bonds is 10. The number of carbonyl (C=O) groups is 3. The summed E-state index contributed by atoms with van der Waals surface area (Å²) in [4.78, 5) is 42.1. The Morgan fingerprint density at radius 2 is 0.893 bits per heavy atom. The molecule has 0 spiro atoms. The Labute approximate surface area is 331 Å². The van der Waals surface area contributed by atoms with Crippen LogP contribution in [0.3, 0.4) is 0 Å². The number of benzene rings is 2. The Morgan fingerprint density at radius 1 is 0.571 bits per heavy atom. The van der Waals surface area contributed by atoms with Crippen molar-refractivity contribution in [1.29, 1.82) is 0 Å². The Balaban J connectivity index is 0.000000579. The smallest absolute Gasteiger partial charge is 0.475 e. The molecule has 3 aromatic rings. The SMILES string of the molecule is O=C(NC1CCC(CCN2C3CC[C@@H]2c2ccccc23)CC1)c1ccc(C(=O)NC2CCC(CCN3[C@@H]4CC[C@H]3c3ccccc34)CC2)s1.O=C(O)C(F)(F)F. The number of nitrogens with zero attached hydrogens (tertiary/aromatic N) is 2. The molecule has 2 aliphatic carbocycles. The first-order valence-electron chi connectivity index (χ1n) is 20.7. The standard InChI is InChI=1S/C42H52N4O2S.C2HF3O2/c47-41(43-29-13-9-27(10-14-29)23-25-45-35-17-18-36(45)32-6-2-1-5-31(32)35)39-21-22-40(49-39)42(48)44-30-15-11-28(12-16-30)24-26-46-37-19-20-38(46)34-8-4-3-7-33(34)37;3-2(4,5)1(6)7/h1-8,21-22,27-30,35-38H,9-20,23-26H2,(H,43,47)(H,44,48);(H,6,7)/t27?,28?,29?,30?,35-,36+,37-,38?;/m1./s1. The Morgan fingerprint density at radius 3 is 1.20 bits per heavy atom. The van der Waals surface area contributed by atoms with Crippen LogP contribution in [-0.2, 0) is 4.79 Å². The second-order valence-electron chi connectivity index (χ2n) is 16.9. The molecule has 2 amide bonds. The summed E-state index contributed by atoms with van der Waals surface area (Å²) in [7, 11) is 0. The Bertz CT molecular complexity index is 1700. The molecule has 4 fully saturated rings. The van der Waals surface area contributed by atoms with Gasteiger partial charge < -0.3 is 15.7 Å². The Hall–Kier alpha value is -3.74. The molecule has 4 aliphatic heterocycles. The molecule has 1 unspecified atom stereocenters. The molecule has 3 N–H and O–H groups in total. The molecule has 1 aromatic heterocycles. The van der Waals surface area contributed by atoms with E-state index in [1.54, 1.807) is 22.3 Å². The van der Waals surface area contributed by atoms with Gasteiger partial charge in [-0.2, -0.15) is 13.2 Å². The third-order valence-electron chi connectivity index (χ3n) is 13.7. The predicted molar refractivity (Wildman–Crippen MR) is 209 cm³/mol. The lowest BCUT2D eigenvalue weighted by molar-refractivity contribution is -0.192. The van der Waals surface area contributed by atoms with Crippen molar-refractivity contribution >= 4 is 29.1 Å². The van der Waals surface area contributed by atoms with Gasteiger partial charge in [0.15, 0.2) is 0 Å². The van der Waals surface area contributed by atoms with Crippen LogP contribution in [0.5, 0.6) is 0 Å². The van der Waals surface area contributed by atoms with E-state index in [2.05, 4.69) is 69.0 Å². The molecule has 12 heteroatoms. The number of carboxylic acids is 1. The summed E-state index contributed by atoms with van der Waals surface area (Å²) >= 11 is 1.34. The summed E-state index contributed by atoms with van der Waals surface area (Å²) in [5.74, 6) is -1.29. The lowest BCUT2D eigenvalue weighted by Gasteiger charge is -2.31. The Kier molecular flexibility index (Phi) is 11.6. The molecule has 0 radical (unpaired) electrons. The van der Waals surface area contributed by atoms with Crippen LogP contribution in [0.25, 0.3) is 0 Å². The van der Waals surface area contributed by atoms with E-state index in [0.29, 0.717) is 33.9 Å². The topological polar surface area (TPSA) is 102 Å². The third-order valence-corrected chi connectivity index (χ3v) is 14.8. The average Bonchev–Trinajstić information content (AvgIpc) is 4.04. The van der Waals surface area contributed by atoms with Crippen LogP contribution in [0.1, 0.15) is 156 Å². The number of halogens is 3. The quantitative estimate of drug-likeness (QED) is 0.189. The van der Waals surface area contributed by atoms with Gasteiger partial charge in [-0.15, -0.1) is 11.3 Å². The summed E-state index contributed by atoms with van der Waals surface area (Å²) in [6, 6.07) is 24.8. The van der Waals surface area contributed by atoms with Crippen molar-refractivity contribution in [3.63, 3.8) is 0 Å². The number of fused-ring (bicyclic) bond motifs is 10. The zero-order valence-electron chi connectivity index (χ0n) is 31.8. The first-order chi connectivity index (χ1) is 27.0. The molecule has 4 atom stereocenters. The molecule has 6 aliphatic rings. The molecule has 56 heavy (non-hydrogen) atoms. The molecular formula is C44H53F3N4O4S. The van der Waals surface area contributed by atoms with Crippen LogP contribution < -0.4 is 10.6 Å². The molecule has 9 rings (SSSR count). The van der Waals surface area contributed by atoms with Gasteiger partial charge in [-0.25, -0.2) is 4.79 Å². The number of alkyl halides is 3. The van der Waals surface area contributed by atoms with E-state index < -0.39 is 12.1 Å². The summed E-state index contributed by atoms with van der Waals surface area (Å²) in [5.41, 5.74) is 6.29. The number of hydrogen-bond donors (Lipinski definition) is 3. The van der Waals surface area contributed by atoms with Crippen LogP contribution in [0, 0.1) is 11.8 Å². The van der Waals surface area contributed by atoms with Gasteiger partial charge in [0.1, 0.15) is 0 Å². The summed E-state index contributed by atoms with van der Waals surface area (Å²) < 4.78 is 31.7. The summed E-state index contributed by atoms with van der Waals surface area (Å²) in [6.07, 6.45) is 11.7. The van der Waals surface area contributed by atoms with E-state index in [4.69, 9.17) is 9.90 Å². The largest absolute Gasteiger partial charge is 0.490 e. The van der Waals surface area contributed by atoms with Crippen molar-refractivity contribution in [1.82, 2.24) is 20.4 Å². The number of carboxylic acid groups (broad SMARTS) is 1. The molecule has 2 saturated heterocycles. The van der Waals surface area contributed by atoms with E-state index in [1.165, 1.54) is 88.6 Å². The van der Waals surface area contributed by atoms with Gasteiger partial charge in [0, 0.05) is 36.3 Å². The van der Waals surface area contributed by atoms with Gasteiger partial charge in [0.2, 0.25) is 0 Å². The first kappa shape index (κ1) is 39.1. The van der Waals surface area contributed by atoms with E-state index in [1.807, 2.05) is 12.1 Å². The molecule has 4 bridgehead atoms. The van der Waals surface area contributed by atoms with Crippen LogP contribution in [0.15, 0.2) is 60.7 Å². The molecular weight excluding hydrogens is 738 g/mol. The predicted octanol–water partition coefficient (Wildman–Crippen LogP) is 9.52. The maximum absolute atomic E-state index is 13.2. The van der Waals surface area contributed by atoms with E-state index in [0.717, 1.165) is 37.5 Å². The maximum atomic E-state index is 13.2. The normalized spacial score (nSPS) is 29.3. The maximum Gasteiger partial charge on any atom is 0.490 e. The fourth-order valence-electron chi connectivity index (χ4n) is 10.9. The molecule has 2 saturated carbocycles. The van der Waals surface area contributed by atoms with Gasteiger partial charge >= 0.3 is 12.1 Å². The second kappa shape index (κ2) is 16.6. The minimum Gasteiger partial charge on any atom is -0.475 e. The van der Waals surface area contributed by atoms with Crippen molar-refractivity contribution in [2.75, 3.05) is 13.1 Å². The fourth-order valence-corrected chi connectivity index (χ4v) is 11.7. The van der Waals surface area contributed by atoms with Crippen molar-refractivity contribution in [2.24, 2.45) is 11.8 Å². The molecule has 300 valence electrons. The lowest BCUT2D eigenvalue weighted by Crippen LogP contribution is -2.38. The van der Waals surface area contributed by atoms with E-state index in [9.17, 15) is 22.8 Å². The average molecular weight is 791 g/mol. The minimum atomic E-state index is -5.08. The number of thiophene rings is 1. The van der Waals surface area contributed by atoms with E-state index >= 15 is 0 Å². The van der Waals surface area contributed by atoms with Crippen molar-refractivity contribution in [3.8, 4) is 0 Å². The zero-order chi connectivity index (χ0) is 39.0. The van der Waals surface area contributed by atoms with Crippen molar-refractivity contribution < 1.29 is 32.7 Å². The lowest BCUT2D eigenvalue weighted by atomic mass is 9.84. The highest BCUT2D eigenvalue weighted by molar-refractivity contribution is 7.15. The van der Waals surface area contributed by atoms with Gasteiger partial charge in [-0.3, -0.25) is 19.4 Å². The van der Waals surface area contributed by atoms with Crippen molar-refractivity contribution in [3.05, 3.63) is 92.7 Å². The first-order valence-corrected chi connectivity index (χ1v) is 21.6. The molecule has 5 heterocycles. The van der Waals surface area contributed by atoms with Crippen LogP contribution in [-0.4, -0.2) is 64.0 Å². The van der Waals surface area contributed by atoms with Gasteiger partial charge in [0.05, 0.1) is 9.75 Å². The number of carbonyl (C=O) groups excluding carboxylic acids is 2. The molecule has 2 aromatic carbocycles. The van der Waals surface area contributed by atoms with Gasteiger partial charge in [-0.05, 0) is 149 Å². The number of nitrogens with one attached hydrogen (secondary N) is 2. The summed E-state index contributed by atoms with van der Waals surface area (Å²) in [5, 5.41) is 13.7. The zero-order valence-corrected chi connectivity index (χ0v) is 32.6. The molecule has 8 nitrogen and oxygen atoms in total.